The molecule has 0 aliphatic heterocycles. The Morgan fingerprint density at radius 1 is 1.28 bits per heavy atom. The van der Waals surface area contributed by atoms with Gasteiger partial charge in [0.2, 0.25) is 5.60 Å². The Hall–Kier alpha value is -1.80. The molecule has 0 spiro atoms. The third-order valence-corrected chi connectivity index (χ3v) is 3.66. The van der Waals surface area contributed by atoms with E-state index < -0.39 is 23.9 Å². The molecule has 5 nitrogen and oxygen atoms in total. The van der Waals surface area contributed by atoms with Gasteiger partial charge in [0.25, 0.3) is 0 Å². The fourth-order valence-corrected chi connectivity index (χ4v) is 2.03. The molecule has 1 atom stereocenters. The van der Waals surface area contributed by atoms with Gasteiger partial charge in [-0.2, -0.15) is 13.2 Å². The van der Waals surface area contributed by atoms with E-state index in [0.717, 1.165) is 6.54 Å². The van der Waals surface area contributed by atoms with Crippen molar-refractivity contribution in [3.63, 3.8) is 0 Å². The number of hydrogen-bond acceptors (Lipinski definition) is 4. The molecule has 1 rings (SSSR count). The number of methoxy groups -OCH3 is 1. The quantitative estimate of drug-likeness (QED) is 0.415. The SMILES string of the molecule is CCCOCC(O)(c1ccc(/N=C/N(C)CC)cc1OC)C(F)(F)F. The van der Waals surface area contributed by atoms with Crippen molar-refractivity contribution < 1.29 is 27.8 Å². The van der Waals surface area contributed by atoms with Crippen LogP contribution >= 0.6 is 0 Å². The highest BCUT2D eigenvalue weighted by atomic mass is 19.4. The number of benzene rings is 1. The average Bonchev–Trinajstić information content (AvgIpc) is 2.58. The molecule has 25 heavy (non-hydrogen) atoms. The van der Waals surface area contributed by atoms with E-state index in [9.17, 15) is 18.3 Å². The van der Waals surface area contributed by atoms with E-state index in [4.69, 9.17) is 9.47 Å². The molecular weight excluding hydrogens is 337 g/mol. The van der Waals surface area contributed by atoms with Crippen LogP contribution in [0.5, 0.6) is 5.75 Å². The molecule has 0 aromatic heterocycles. The van der Waals surface area contributed by atoms with E-state index in [2.05, 4.69) is 4.99 Å². The summed E-state index contributed by atoms with van der Waals surface area (Å²) in [5, 5.41) is 10.3. The number of hydrogen-bond donors (Lipinski definition) is 1. The Bertz CT molecular complexity index is 579. The molecule has 8 heteroatoms. The lowest BCUT2D eigenvalue weighted by Gasteiger charge is -2.31. The summed E-state index contributed by atoms with van der Waals surface area (Å²) < 4.78 is 50.6. The molecule has 0 saturated carbocycles. The van der Waals surface area contributed by atoms with Crippen molar-refractivity contribution in [2.24, 2.45) is 4.99 Å². The number of halogens is 3. The third-order valence-electron chi connectivity index (χ3n) is 3.66. The van der Waals surface area contributed by atoms with Crippen molar-refractivity contribution in [3.05, 3.63) is 23.8 Å². The summed E-state index contributed by atoms with van der Waals surface area (Å²) in [7, 11) is 3.07. The summed E-state index contributed by atoms with van der Waals surface area (Å²) in [6.07, 6.45) is -2.81. The zero-order valence-electron chi connectivity index (χ0n) is 14.9. The molecular formula is C17H25F3N2O3. The Morgan fingerprint density at radius 3 is 2.48 bits per heavy atom. The summed E-state index contributed by atoms with van der Waals surface area (Å²) >= 11 is 0. The van der Waals surface area contributed by atoms with Crippen LogP contribution in [0.25, 0.3) is 0 Å². The first-order chi connectivity index (χ1) is 11.7. The minimum atomic E-state index is -4.92. The first-order valence-electron chi connectivity index (χ1n) is 7.99. The number of rotatable bonds is 9. The molecule has 1 aromatic rings. The molecule has 0 bridgehead atoms. The molecule has 0 heterocycles. The Labute approximate surface area is 146 Å². The molecule has 142 valence electrons. The molecule has 0 radical (unpaired) electrons. The Balaban J connectivity index is 3.24. The first kappa shape index (κ1) is 21.2. The fraction of sp³-hybridized carbons (Fsp3) is 0.588. The molecule has 0 aliphatic rings. The number of nitrogens with zero attached hydrogens (tertiary/aromatic N) is 2. The lowest BCUT2D eigenvalue weighted by atomic mass is 9.92. The van der Waals surface area contributed by atoms with E-state index >= 15 is 0 Å². The number of aliphatic imine (C=N–C) groups is 1. The van der Waals surface area contributed by atoms with Gasteiger partial charge in [0.05, 0.1) is 25.7 Å². The van der Waals surface area contributed by atoms with Crippen LogP contribution in [-0.4, -0.2) is 56.4 Å². The van der Waals surface area contributed by atoms with E-state index in [1.54, 1.807) is 13.3 Å². The van der Waals surface area contributed by atoms with Gasteiger partial charge in [-0.3, -0.25) is 0 Å². The largest absolute Gasteiger partial charge is 0.496 e. The van der Waals surface area contributed by atoms with Crippen LogP contribution in [0.15, 0.2) is 23.2 Å². The molecule has 1 unspecified atom stereocenters. The lowest BCUT2D eigenvalue weighted by Crippen LogP contribution is -2.46. The second-order valence-corrected chi connectivity index (χ2v) is 5.61. The van der Waals surface area contributed by atoms with Crippen LogP contribution in [0.1, 0.15) is 25.8 Å². The van der Waals surface area contributed by atoms with Gasteiger partial charge < -0.3 is 19.5 Å². The highest BCUT2D eigenvalue weighted by molar-refractivity contribution is 5.62. The minimum absolute atomic E-state index is 0.103. The van der Waals surface area contributed by atoms with Gasteiger partial charge in [0.1, 0.15) is 5.75 Å². The predicted molar refractivity (Wildman–Crippen MR) is 90.5 cm³/mol. The number of ether oxygens (including phenoxy) is 2. The summed E-state index contributed by atoms with van der Waals surface area (Å²) in [5.41, 5.74) is -3.14. The average molecular weight is 362 g/mol. The second-order valence-electron chi connectivity index (χ2n) is 5.61. The molecule has 1 N–H and O–H groups in total. The molecule has 1 aromatic carbocycles. The van der Waals surface area contributed by atoms with Crippen LogP contribution in [0.3, 0.4) is 0 Å². The van der Waals surface area contributed by atoms with Crippen LogP contribution in [0.4, 0.5) is 18.9 Å². The van der Waals surface area contributed by atoms with Crippen molar-refractivity contribution in [3.8, 4) is 5.75 Å². The molecule has 0 fully saturated rings. The number of aliphatic hydroxyl groups is 1. The summed E-state index contributed by atoms with van der Waals surface area (Å²) in [6, 6.07) is 3.92. The fourth-order valence-electron chi connectivity index (χ4n) is 2.03. The van der Waals surface area contributed by atoms with Crippen LogP contribution in [0.2, 0.25) is 0 Å². The Morgan fingerprint density at radius 2 is 1.96 bits per heavy atom. The normalized spacial score (nSPS) is 14.6. The van der Waals surface area contributed by atoms with Gasteiger partial charge in [-0.15, -0.1) is 0 Å². The molecule has 0 amide bonds. The summed E-state index contributed by atoms with van der Waals surface area (Å²) in [6.45, 7) is 3.67. The van der Waals surface area contributed by atoms with Crippen molar-refractivity contribution >= 4 is 12.0 Å². The van der Waals surface area contributed by atoms with Crippen molar-refractivity contribution in [1.29, 1.82) is 0 Å². The summed E-state index contributed by atoms with van der Waals surface area (Å²) in [4.78, 5) is 5.98. The first-order valence-corrected chi connectivity index (χ1v) is 7.99. The molecule has 0 saturated heterocycles. The number of alkyl halides is 3. The maximum absolute atomic E-state index is 13.5. The standard InChI is InChI=1S/C17H25F3N2O3/c1-5-9-25-11-16(23,17(18,19)20)14-8-7-13(10-15(14)24-4)21-12-22(3)6-2/h7-8,10,12,23H,5-6,9,11H2,1-4H3/b21-12+. The highest BCUT2D eigenvalue weighted by Crippen LogP contribution is 2.44. The van der Waals surface area contributed by atoms with Crippen LogP contribution in [-0.2, 0) is 10.3 Å². The van der Waals surface area contributed by atoms with Gasteiger partial charge >= 0.3 is 6.18 Å². The smallest absolute Gasteiger partial charge is 0.423 e. The van der Waals surface area contributed by atoms with Gasteiger partial charge in [-0.05, 0) is 25.5 Å². The van der Waals surface area contributed by atoms with Gasteiger partial charge in [0.15, 0.2) is 0 Å². The van der Waals surface area contributed by atoms with Crippen molar-refractivity contribution in [2.45, 2.75) is 32.0 Å². The van der Waals surface area contributed by atoms with Gasteiger partial charge in [0, 0.05) is 31.8 Å². The summed E-state index contributed by atoms with van der Waals surface area (Å²) in [5.74, 6) is -0.103. The topological polar surface area (TPSA) is 54.3 Å². The maximum Gasteiger partial charge on any atom is 0.423 e. The van der Waals surface area contributed by atoms with E-state index in [1.807, 2.05) is 18.9 Å². The van der Waals surface area contributed by atoms with Crippen molar-refractivity contribution in [1.82, 2.24) is 4.90 Å². The zero-order valence-corrected chi connectivity index (χ0v) is 14.9. The zero-order chi connectivity index (χ0) is 19.1. The van der Waals surface area contributed by atoms with Crippen LogP contribution < -0.4 is 4.74 Å². The van der Waals surface area contributed by atoms with E-state index in [1.165, 1.54) is 25.3 Å². The molecule has 0 aliphatic carbocycles. The van der Waals surface area contributed by atoms with Gasteiger partial charge in [-0.25, -0.2) is 4.99 Å². The Kier molecular flexibility index (Phi) is 7.69. The van der Waals surface area contributed by atoms with E-state index in [0.29, 0.717) is 12.1 Å². The maximum atomic E-state index is 13.5. The van der Waals surface area contributed by atoms with Crippen molar-refractivity contribution in [2.75, 3.05) is 33.9 Å². The predicted octanol–water partition coefficient (Wildman–Crippen LogP) is 3.48. The van der Waals surface area contributed by atoms with Crippen LogP contribution in [0, 0.1) is 0 Å². The second kappa shape index (κ2) is 9.05. The van der Waals surface area contributed by atoms with Gasteiger partial charge in [-0.1, -0.05) is 6.92 Å². The third kappa shape index (κ3) is 5.34. The highest BCUT2D eigenvalue weighted by Gasteiger charge is 2.56. The lowest BCUT2D eigenvalue weighted by molar-refractivity contribution is -0.282. The van der Waals surface area contributed by atoms with E-state index in [-0.39, 0.29) is 12.4 Å². The monoisotopic (exact) mass is 362 g/mol. The minimum Gasteiger partial charge on any atom is -0.496 e.